The summed E-state index contributed by atoms with van der Waals surface area (Å²) in [5.74, 6) is -0.147. The summed E-state index contributed by atoms with van der Waals surface area (Å²) in [5, 5.41) is 11.1. The maximum absolute atomic E-state index is 11.7. The Kier molecular flexibility index (Phi) is 6.33. The molecule has 0 fully saturated rings. The Labute approximate surface area is 123 Å². The van der Waals surface area contributed by atoms with Crippen molar-refractivity contribution < 1.29 is 24.0 Å². The quantitative estimate of drug-likeness (QED) is 0.405. The minimum absolute atomic E-state index is 0.0860. The number of nitro groups is 1. The van der Waals surface area contributed by atoms with Crippen molar-refractivity contribution in [2.45, 2.75) is 58.6 Å². The Morgan fingerprint density at radius 3 is 2.67 bits per heavy atom. The zero-order valence-corrected chi connectivity index (χ0v) is 12.6. The molecule has 0 saturated heterocycles. The number of Topliss-reactive ketones (excluding diaryl/α,β-unsaturated/α-hetero) is 1. The fourth-order valence-electron chi connectivity index (χ4n) is 2.33. The van der Waals surface area contributed by atoms with Crippen molar-refractivity contribution in [3.8, 4) is 0 Å². The third kappa shape index (κ3) is 4.84. The van der Waals surface area contributed by atoms with E-state index in [1.54, 1.807) is 13.8 Å². The monoisotopic (exact) mass is 299 g/mol. The van der Waals surface area contributed by atoms with Crippen LogP contribution in [0, 0.1) is 10.1 Å². The second-order valence-electron chi connectivity index (χ2n) is 5.04. The molecule has 0 N–H and O–H groups in total. The average molecular weight is 299 g/mol. The van der Waals surface area contributed by atoms with Gasteiger partial charge in [-0.1, -0.05) is 0 Å². The van der Waals surface area contributed by atoms with Crippen LogP contribution in [-0.2, 0) is 19.1 Å². The van der Waals surface area contributed by atoms with Gasteiger partial charge < -0.3 is 14.3 Å². The van der Waals surface area contributed by atoms with E-state index in [4.69, 9.17) is 9.47 Å². The number of allylic oxidation sites excluding steroid dienone is 1. The predicted octanol–water partition coefficient (Wildman–Crippen LogP) is 2.02. The van der Waals surface area contributed by atoms with Crippen LogP contribution in [0.5, 0.6) is 0 Å². The molecule has 0 aromatic heterocycles. The molecular weight excluding hydrogens is 278 g/mol. The topological polar surface area (TPSA) is 95.7 Å². The van der Waals surface area contributed by atoms with E-state index in [2.05, 4.69) is 0 Å². The SMILES string of the molecule is CCOC(=O)C1=C(C)OC(C(CCC(C)=O)[N+](=O)[O-])CC1. The number of hydrogen-bond acceptors (Lipinski definition) is 6. The van der Waals surface area contributed by atoms with Gasteiger partial charge in [-0.25, -0.2) is 4.79 Å². The second kappa shape index (κ2) is 7.75. The molecule has 1 aliphatic heterocycles. The number of ketones is 1. The van der Waals surface area contributed by atoms with E-state index in [0.717, 1.165) is 0 Å². The summed E-state index contributed by atoms with van der Waals surface area (Å²) < 4.78 is 10.5. The highest BCUT2D eigenvalue weighted by Crippen LogP contribution is 2.28. The Balaban J connectivity index is 2.76. The van der Waals surface area contributed by atoms with Crippen molar-refractivity contribution in [1.82, 2.24) is 0 Å². The Bertz CT molecular complexity index is 456. The Morgan fingerprint density at radius 2 is 2.19 bits per heavy atom. The lowest BCUT2D eigenvalue weighted by Gasteiger charge is -2.28. The van der Waals surface area contributed by atoms with Gasteiger partial charge in [-0.05, 0) is 33.6 Å². The number of ether oxygens (including phenoxy) is 2. The molecule has 1 aliphatic rings. The third-order valence-corrected chi connectivity index (χ3v) is 3.45. The van der Waals surface area contributed by atoms with E-state index < -0.39 is 23.0 Å². The highest BCUT2D eigenvalue weighted by atomic mass is 16.6. The summed E-state index contributed by atoms with van der Waals surface area (Å²) in [6.07, 6.45) is 0.445. The van der Waals surface area contributed by atoms with Gasteiger partial charge in [0.15, 0.2) is 6.10 Å². The fraction of sp³-hybridized carbons (Fsp3) is 0.714. The minimum atomic E-state index is -0.937. The third-order valence-electron chi connectivity index (χ3n) is 3.45. The molecule has 0 aromatic carbocycles. The van der Waals surface area contributed by atoms with Crippen molar-refractivity contribution in [3.05, 3.63) is 21.4 Å². The van der Waals surface area contributed by atoms with Crippen LogP contribution >= 0.6 is 0 Å². The largest absolute Gasteiger partial charge is 0.487 e. The van der Waals surface area contributed by atoms with Crippen molar-refractivity contribution in [3.63, 3.8) is 0 Å². The van der Waals surface area contributed by atoms with Crippen LogP contribution in [0.4, 0.5) is 0 Å². The Hall–Kier alpha value is -1.92. The lowest BCUT2D eigenvalue weighted by molar-refractivity contribution is -0.535. The molecule has 0 radical (unpaired) electrons. The standard InChI is InChI=1S/C14H21NO6/c1-4-20-14(17)11-6-8-13(21-10(11)3)12(15(18)19)7-5-9(2)16/h12-13H,4-8H2,1-3H3. The molecule has 1 heterocycles. The van der Waals surface area contributed by atoms with Crippen LogP contribution in [0.2, 0.25) is 0 Å². The number of carbonyl (C=O) groups is 2. The highest BCUT2D eigenvalue weighted by Gasteiger charge is 2.37. The summed E-state index contributed by atoms with van der Waals surface area (Å²) in [4.78, 5) is 33.4. The van der Waals surface area contributed by atoms with Crippen LogP contribution in [0.25, 0.3) is 0 Å². The summed E-state index contributed by atoms with van der Waals surface area (Å²) >= 11 is 0. The molecule has 7 nitrogen and oxygen atoms in total. The van der Waals surface area contributed by atoms with Gasteiger partial charge >= 0.3 is 5.97 Å². The number of esters is 1. The van der Waals surface area contributed by atoms with Crippen LogP contribution in [0.1, 0.15) is 46.5 Å². The molecule has 0 amide bonds. The number of rotatable bonds is 7. The molecule has 0 bridgehead atoms. The molecular formula is C14H21NO6. The van der Waals surface area contributed by atoms with Gasteiger partial charge in [0.25, 0.3) is 0 Å². The number of nitrogens with zero attached hydrogens (tertiary/aromatic N) is 1. The van der Waals surface area contributed by atoms with Crippen molar-refractivity contribution >= 4 is 11.8 Å². The smallest absolute Gasteiger partial charge is 0.337 e. The van der Waals surface area contributed by atoms with Gasteiger partial charge in [-0.15, -0.1) is 0 Å². The minimum Gasteiger partial charge on any atom is -0.487 e. The van der Waals surface area contributed by atoms with Crippen molar-refractivity contribution in [2.75, 3.05) is 6.61 Å². The van der Waals surface area contributed by atoms with E-state index >= 15 is 0 Å². The predicted molar refractivity (Wildman–Crippen MR) is 74.1 cm³/mol. The normalized spacial score (nSPS) is 19.7. The maximum Gasteiger partial charge on any atom is 0.337 e. The van der Waals surface area contributed by atoms with E-state index in [0.29, 0.717) is 24.2 Å². The first kappa shape index (κ1) is 17.1. The van der Waals surface area contributed by atoms with Crippen molar-refractivity contribution in [1.29, 1.82) is 0 Å². The van der Waals surface area contributed by atoms with Crippen LogP contribution in [0.3, 0.4) is 0 Å². The molecule has 1 rings (SSSR count). The molecule has 0 aliphatic carbocycles. The second-order valence-corrected chi connectivity index (χ2v) is 5.04. The summed E-state index contributed by atoms with van der Waals surface area (Å²) in [5.41, 5.74) is 0.432. The maximum atomic E-state index is 11.7. The van der Waals surface area contributed by atoms with Crippen molar-refractivity contribution in [2.24, 2.45) is 0 Å². The van der Waals surface area contributed by atoms with Gasteiger partial charge in [0.1, 0.15) is 11.5 Å². The van der Waals surface area contributed by atoms with E-state index in [1.165, 1.54) is 6.92 Å². The Morgan fingerprint density at radius 1 is 1.52 bits per heavy atom. The van der Waals surface area contributed by atoms with Crippen LogP contribution in [-0.4, -0.2) is 35.4 Å². The van der Waals surface area contributed by atoms with Crippen LogP contribution in [0.15, 0.2) is 11.3 Å². The van der Waals surface area contributed by atoms with Gasteiger partial charge in [0.2, 0.25) is 6.04 Å². The van der Waals surface area contributed by atoms with Gasteiger partial charge in [0.05, 0.1) is 12.2 Å². The van der Waals surface area contributed by atoms with E-state index in [-0.39, 0.29) is 25.2 Å². The first-order valence-electron chi connectivity index (χ1n) is 7.03. The molecule has 118 valence electrons. The summed E-state index contributed by atoms with van der Waals surface area (Å²) in [6.45, 7) is 5.00. The molecule has 2 unspecified atom stereocenters. The summed E-state index contributed by atoms with van der Waals surface area (Å²) in [6, 6.07) is -0.937. The van der Waals surface area contributed by atoms with Crippen LogP contribution < -0.4 is 0 Å². The lowest BCUT2D eigenvalue weighted by Crippen LogP contribution is -2.38. The fourth-order valence-corrected chi connectivity index (χ4v) is 2.33. The zero-order valence-electron chi connectivity index (χ0n) is 12.6. The average Bonchev–Trinajstić information content (AvgIpc) is 2.38. The first-order chi connectivity index (χ1) is 9.86. The molecule has 21 heavy (non-hydrogen) atoms. The lowest BCUT2D eigenvalue weighted by atomic mass is 9.95. The number of carbonyl (C=O) groups excluding carboxylic acids is 2. The molecule has 7 heteroatoms. The van der Waals surface area contributed by atoms with Gasteiger partial charge in [0, 0.05) is 17.8 Å². The molecule has 0 saturated carbocycles. The molecule has 0 aromatic rings. The van der Waals surface area contributed by atoms with Gasteiger partial charge in [-0.2, -0.15) is 0 Å². The van der Waals surface area contributed by atoms with E-state index in [1.807, 2.05) is 0 Å². The zero-order chi connectivity index (χ0) is 16.0. The molecule has 0 spiro atoms. The van der Waals surface area contributed by atoms with E-state index in [9.17, 15) is 19.7 Å². The highest BCUT2D eigenvalue weighted by molar-refractivity contribution is 5.89. The number of hydrogen-bond donors (Lipinski definition) is 0. The van der Waals surface area contributed by atoms with Gasteiger partial charge in [-0.3, -0.25) is 10.1 Å². The molecule has 2 atom stereocenters. The summed E-state index contributed by atoms with van der Waals surface area (Å²) in [7, 11) is 0. The first-order valence-corrected chi connectivity index (χ1v) is 7.03.